The van der Waals surface area contributed by atoms with Gasteiger partial charge in [-0.2, -0.15) is 0 Å². The molecule has 254 valence electrons. The average molecular weight is 657 g/mol. The maximum atomic E-state index is 14.5. The number of hydrogen-bond acceptors (Lipinski definition) is 7. The summed E-state index contributed by atoms with van der Waals surface area (Å²) in [7, 11) is 2.17. The number of halogens is 1. The zero-order valence-corrected chi connectivity index (χ0v) is 28.2. The average Bonchev–Trinajstić information content (AvgIpc) is 3.25. The maximum absolute atomic E-state index is 14.5. The molecule has 2 aliphatic rings. The van der Waals surface area contributed by atoms with E-state index >= 15 is 0 Å². The predicted molar refractivity (Wildman–Crippen MR) is 185 cm³/mol. The van der Waals surface area contributed by atoms with Crippen molar-refractivity contribution in [2.45, 2.75) is 77.1 Å². The molecule has 6 rings (SSSR count). The van der Waals surface area contributed by atoms with Crippen LogP contribution in [-0.4, -0.2) is 74.9 Å². The molecule has 0 bridgehead atoms. The number of carbonyl (C=O) groups is 1. The van der Waals surface area contributed by atoms with Gasteiger partial charge in [-0.15, -0.1) is 0 Å². The van der Waals surface area contributed by atoms with Gasteiger partial charge in [-0.3, -0.25) is 14.3 Å². The first-order valence-electron chi connectivity index (χ1n) is 16.9. The molecule has 3 heterocycles. The number of benzene rings is 2. The van der Waals surface area contributed by atoms with E-state index in [2.05, 4.69) is 51.4 Å². The van der Waals surface area contributed by atoms with E-state index in [1.165, 1.54) is 14.7 Å². The molecule has 1 saturated heterocycles. The summed E-state index contributed by atoms with van der Waals surface area (Å²) in [6.07, 6.45) is 3.81. The molecule has 0 atom stereocenters. The van der Waals surface area contributed by atoms with Gasteiger partial charge in [-0.05, 0) is 108 Å². The fourth-order valence-corrected chi connectivity index (χ4v) is 6.83. The van der Waals surface area contributed by atoms with Crippen LogP contribution in [0.5, 0.6) is 0 Å². The third kappa shape index (κ3) is 7.68. The van der Waals surface area contributed by atoms with Crippen molar-refractivity contribution in [3.8, 4) is 16.8 Å². The number of pyridine rings is 1. The van der Waals surface area contributed by atoms with Crippen LogP contribution < -0.4 is 16.6 Å². The topological polar surface area (TPSA) is 102 Å². The Kier molecular flexibility index (Phi) is 9.80. The van der Waals surface area contributed by atoms with Crippen molar-refractivity contribution in [2.24, 2.45) is 0 Å². The first-order chi connectivity index (χ1) is 22.9. The fraction of sp³-hybridized carbons (Fsp3) is 0.459. The van der Waals surface area contributed by atoms with Crippen molar-refractivity contribution in [3.63, 3.8) is 0 Å². The Morgan fingerprint density at radius 2 is 1.71 bits per heavy atom. The normalized spacial score (nSPS) is 19.6. The molecule has 1 aliphatic carbocycles. The third-order valence-corrected chi connectivity index (χ3v) is 9.28. The fourth-order valence-electron chi connectivity index (χ4n) is 6.83. The quantitative estimate of drug-likeness (QED) is 0.293. The summed E-state index contributed by atoms with van der Waals surface area (Å²) in [5.74, 6) is -0.650. The van der Waals surface area contributed by atoms with Gasteiger partial charge in [0.2, 0.25) is 0 Å². The highest BCUT2D eigenvalue weighted by atomic mass is 19.1. The van der Waals surface area contributed by atoms with Gasteiger partial charge in [0.05, 0.1) is 17.3 Å². The Morgan fingerprint density at radius 3 is 2.44 bits per heavy atom. The summed E-state index contributed by atoms with van der Waals surface area (Å²) in [5.41, 5.74) is 2.10. The molecule has 0 unspecified atom stereocenters. The van der Waals surface area contributed by atoms with Crippen molar-refractivity contribution < 1.29 is 13.9 Å². The molecule has 1 saturated carbocycles. The number of fused-ring (bicyclic) bond motifs is 1. The van der Waals surface area contributed by atoms with Crippen LogP contribution in [0.4, 0.5) is 9.18 Å². The minimum Gasteiger partial charge on any atom is -0.444 e. The van der Waals surface area contributed by atoms with Crippen molar-refractivity contribution >= 4 is 17.1 Å². The number of aromatic nitrogens is 3. The molecule has 2 aromatic heterocycles. The first-order valence-corrected chi connectivity index (χ1v) is 16.9. The minimum atomic E-state index is -0.650. The van der Waals surface area contributed by atoms with Crippen LogP contribution in [0, 0.1) is 5.82 Å². The van der Waals surface area contributed by atoms with Crippen molar-refractivity contribution in [2.75, 3.05) is 33.2 Å². The van der Waals surface area contributed by atoms with Gasteiger partial charge in [0, 0.05) is 31.7 Å². The summed E-state index contributed by atoms with van der Waals surface area (Å²) in [4.78, 5) is 49.4. The number of likely N-dealkylation sites (N-methyl/N-ethyl adjacent to an activating group) is 1. The van der Waals surface area contributed by atoms with Gasteiger partial charge < -0.3 is 15.0 Å². The van der Waals surface area contributed by atoms with Crippen LogP contribution in [0.25, 0.3) is 27.8 Å². The van der Waals surface area contributed by atoms with Gasteiger partial charge >= 0.3 is 11.8 Å². The van der Waals surface area contributed by atoms with Gasteiger partial charge in [-0.1, -0.05) is 36.4 Å². The Hall–Kier alpha value is -4.35. The lowest BCUT2D eigenvalue weighted by molar-refractivity contribution is 0.0487. The van der Waals surface area contributed by atoms with Crippen molar-refractivity contribution in [3.05, 3.63) is 93.0 Å². The van der Waals surface area contributed by atoms with Gasteiger partial charge in [0.25, 0.3) is 5.56 Å². The van der Waals surface area contributed by atoms with Gasteiger partial charge in [0.1, 0.15) is 11.4 Å². The molecule has 4 aromatic rings. The van der Waals surface area contributed by atoms with Crippen LogP contribution >= 0.6 is 0 Å². The van der Waals surface area contributed by atoms with Crippen LogP contribution in [0.2, 0.25) is 0 Å². The Bertz CT molecular complexity index is 1890. The number of carbonyl (C=O) groups excluding carboxylic acids is 1. The number of nitrogens with one attached hydrogen (secondary N) is 1. The lowest BCUT2D eigenvalue weighted by atomic mass is 9.91. The number of ether oxygens (including phenoxy) is 1. The molecule has 1 N–H and O–H groups in total. The zero-order chi connectivity index (χ0) is 34.0. The lowest BCUT2D eigenvalue weighted by Gasteiger charge is -2.31. The van der Waals surface area contributed by atoms with E-state index in [0.29, 0.717) is 31.4 Å². The smallest absolute Gasteiger partial charge is 0.407 e. The summed E-state index contributed by atoms with van der Waals surface area (Å²) >= 11 is 0. The first kappa shape index (κ1) is 33.5. The molecule has 1 aliphatic heterocycles. The van der Waals surface area contributed by atoms with E-state index < -0.39 is 34.8 Å². The lowest BCUT2D eigenvalue weighted by Crippen LogP contribution is -2.45. The van der Waals surface area contributed by atoms with E-state index in [-0.39, 0.29) is 17.1 Å². The summed E-state index contributed by atoms with van der Waals surface area (Å²) < 4.78 is 22.5. The van der Waals surface area contributed by atoms with E-state index in [1.807, 2.05) is 18.2 Å². The highest BCUT2D eigenvalue weighted by Crippen LogP contribution is 2.29. The van der Waals surface area contributed by atoms with Crippen LogP contribution in [0.1, 0.15) is 64.5 Å². The van der Waals surface area contributed by atoms with Crippen molar-refractivity contribution in [1.82, 2.24) is 29.2 Å². The standard InChI is InChI=1S/C37H45FN6O4/c1-37(2,3)48-35(46)40-29-13-15-30(16-14-29)44-34(45)32-22-28(38)23-39-33(32)43(36(44)47)31-8-5-7-27(21-31)26-11-9-25(10-12-26)24-42-18-6-17-41(4)19-20-42/h5,7-12,21-23,29-30H,6,13-20,24H2,1-4H3,(H,40,46). The molecule has 11 heteroatoms. The molecule has 48 heavy (non-hydrogen) atoms. The number of hydrogen-bond donors (Lipinski definition) is 1. The van der Waals surface area contributed by atoms with E-state index in [9.17, 15) is 18.8 Å². The Morgan fingerprint density at radius 1 is 0.958 bits per heavy atom. The molecule has 0 spiro atoms. The highest BCUT2D eigenvalue weighted by molar-refractivity contribution is 5.76. The largest absolute Gasteiger partial charge is 0.444 e. The number of alkyl carbamates (subject to hydrolysis) is 1. The number of rotatable bonds is 6. The molecule has 0 radical (unpaired) electrons. The second-order valence-electron chi connectivity index (χ2n) is 14.1. The third-order valence-electron chi connectivity index (χ3n) is 9.28. The molecule has 1 amide bonds. The predicted octanol–water partition coefficient (Wildman–Crippen LogP) is 5.50. The number of nitrogens with zero attached hydrogens (tertiary/aromatic N) is 5. The SMILES string of the molecule is CN1CCCN(Cc2ccc(-c3cccc(-n4c(=O)n(C5CCC(NC(=O)OC(C)(C)C)CC5)c(=O)c5cc(F)cnc54)c3)cc2)CC1. The maximum Gasteiger partial charge on any atom is 0.407 e. The molecular weight excluding hydrogens is 611 g/mol. The second-order valence-corrected chi connectivity index (χ2v) is 14.1. The highest BCUT2D eigenvalue weighted by Gasteiger charge is 2.29. The van der Waals surface area contributed by atoms with E-state index in [4.69, 9.17) is 4.74 Å². The second kappa shape index (κ2) is 14.0. The molecule has 2 aromatic carbocycles. The Labute approximate surface area is 280 Å². The Balaban J connectivity index is 1.28. The molecule has 10 nitrogen and oxygen atoms in total. The van der Waals surface area contributed by atoms with E-state index in [1.54, 1.807) is 26.8 Å². The monoisotopic (exact) mass is 656 g/mol. The van der Waals surface area contributed by atoms with Gasteiger partial charge in [0.15, 0.2) is 5.65 Å². The van der Waals surface area contributed by atoms with E-state index in [0.717, 1.165) is 62.5 Å². The molecule has 2 fully saturated rings. The minimum absolute atomic E-state index is 0.0399. The van der Waals surface area contributed by atoms with Gasteiger partial charge in [-0.25, -0.2) is 23.5 Å². The van der Waals surface area contributed by atoms with Crippen molar-refractivity contribution in [1.29, 1.82) is 0 Å². The molecular formula is C37H45FN6O4. The summed E-state index contributed by atoms with van der Waals surface area (Å²) in [6, 6.07) is 16.7. The zero-order valence-electron chi connectivity index (χ0n) is 28.2. The number of amides is 1. The van der Waals surface area contributed by atoms with Crippen LogP contribution in [-0.2, 0) is 11.3 Å². The van der Waals surface area contributed by atoms with Crippen LogP contribution in [0.15, 0.2) is 70.4 Å². The summed E-state index contributed by atoms with van der Waals surface area (Å²) in [5, 5.41) is 2.94. The summed E-state index contributed by atoms with van der Waals surface area (Å²) in [6.45, 7) is 10.6. The van der Waals surface area contributed by atoms with Crippen LogP contribution in [0.3, 0.4) is 0 Å².